The van der Waals surface area contributed by atoms with Crippen molar-refractivity contribution in [2.75, 3.05) is 6.61 Å². The summed E-state index contributed by atoms with van der Waals surface area (Å²) in [7, 11) is 0. The number of carboxylic acids is 1. The molecule has 0 bridgehead atoms. The average molecular weight is 208 g/mol. The number of carboxylic acid groups (broad SMARTS) is 1. The molecule has 0 atom stereocenters. The Bertz CT molecular complexity index is 282. The van der Waals surface area contributed by atoms with Crippen molar-refractivity contribution < 1.29 is 14.6 Å². The standard InChI is InChI=1S/C12H16O3/c13-12(14)9-5-2-6-10-15-11-7-3-1-4-8-11/h1,3-4,7-8H,2,5-6,9-10H2,(H,13,14). The molecule has 15 heavy (non-hydrogen) atoms. The van der Waals surface area contributed by atoms with E-state index in [4.69, 9.17) is 9.84 Å². The van der Waals surface area contributed by atoms with Crippen LogP contribution in [0.3, 0.4) is 0 Å². The lowest BCUT2D eigenvalue weighted by atomic mass is 10.2. The van der Waals surface area contributed by atoms with Crippen molar-refractivity contribution in [3.63, 3.8) is 0 Å². The molecule has 0 heterocycles. The lowest BCUT2D eigenvalue weighted by molar-refractivity contribution is -0.137. The maximum absolute atomic E-state index is 10.2. The molecule has 0 fully saturated rings. The van der Waals surface area contributed by atoms with Crippen LogP contribution in [0.2, 0.25) is 0 Å². The van der Waals surface area contributed by atoms with Crippen LogP contribution >= 0.6 is 0 Å². The van der Waals surface area contributed by atoms with Crippen LogP contribution < -0.4 is 4.74 Å². The molecule has 0 amide bonds. The molecular weight excluding hydrogens is 192 g/mol. The van der Waals surface area contributed by atoms with Gasteiger partial charge in [-0.2, -0.15) is 0 Å². The number of unbranched alkanes of at least 4 members (excludes halogenated alkanes) is 2. The molecular formula is C12H16O3. The SMILES string of the molecule is O=C(O)CCCCCOc1ccccc1. The summed E-state index contributed by atoms with van der Waals surface area (Å²) >= 11 is 0. The Hall–Kier alpha value is -1.51. The van der Waals surface area contributed by atoms with Gasteiger partial charge in [0.05, 0.1) is 6.61 Å². The third-order valence-electron chi connectivity index (χ3n) is 2.05. The van der Waals surface area contributed by atoms with E-state index in [9.17, 15) is 4.79 Å². The second-order valence-electron chi connectivity index (χ2n) is 3.37. The number of para-hydroxylation sites is 1. The summed E-state index contributed by atoms with van der Waals surface area (Å²) in [6, 6.07) is 9.63. The van der Waals surface area contributed by atoms with E-state index in [2.05, 4.69) is 0 Å². The van der Waals surface area contributed by atoms with Gasteiger partial charge in [0.1, 0.15) is 5.75 Å². The molecule has 0 unspecified atom stereocenters. The van der Waals surface area contributed by atoms with Crippen LogP contribution in [0.25, 0.3) is 0 Å². The number of hydrogen-bond donors (Lipinski definition) is 1. The molecule has 0 aromatic heterocycles. The minimum atomic E-state index is -0.723. The van der Waals surface area contributed by atoms with Gasteiger partial charge in [0.25, 0.3) is 0 Å². The predicted molar refractivity (Wildman–Crippen MR) is 58.0 cm³/mol. The molecule has 1 N–H and O–H groups in total. The summed E-state index contributed by atoms with van der Waals surface area (Å²) in [5, 5.41) is 8.42. The van der Waals surface area contributed by atoms with Gasteiger partial charge in [-0.05, 0) is 31.4 Å². The van der Waals surface area contributed by atoms with Crippen molar-refractivity contribution in [3.05, 3.63) is 30.3 Å². The number of carbonyl (C=O) groups is 1. The summed E-state index contributed by atoms with van der Waals surface area (Å²) in [5.41, 5.74) is 0. The number of aliphatic carboxylic acids is 1. The fraction of sp³-hybridized carbons (Fsp3) is 0.417. The zero-order chi connectivity index (χ0) is 10.9. The summed E-state index contributed by atoms with van der Waals surface area (Å²) in [4.78, 5) is 10.2. The first-order chi connectivity index (χ1) is 7.29. The van der Waals surface area contributed by atoms with E-state index in [-0.39, 0.29) is 6.42 Å². The van der Waals surface area contributed by atoms with Gasteiger partial charge in [0.2, 0.25) is 0 Å². The molecule has 0 radical (unpaired) electrons. The van der Waals surface area contributed by atoms with Gasteiger partial charge in [-0.25, -0.2) is 0 Å². The molecule has 3 nitrogen and oxygen atoms in total. The molecule has 1 aromatic carbocycles. The highest BCUT2D eigenvalue weighted by molar-refractivity contribution is 5.66. The van der Waals surface area contributed by atoms with Gasteiger partial charge in [0, 0.05) is 6.42 Å². The fourth-order valence-corrected chi connectivity index (χ4v) is 1.26. The first-order valence-electron chi connectivity index (χ1n) is 5.18. The molecule has 0 aliphatic rings. The van der Waals surface area contributed by atoms with Crippen LogP contribution in [0.15, 0.2) is 30.3 Å². The number of benzene rings is 1. The van der Waals surface area contributed by atoms with Gasteiger partial charge < -0.3 is 9.84 Å². The second kappa shape index (κ2) is 6.87. The van der Waals surface area contributed by atoms with E-state index in [1.54, 1.807) is 0 Å². The second-order valence-corrected chi connectivity index (χ2v) is 3.37. The molecule has 0 saturated heterocycles. The van der Waals surface area contributed by atoms with E-state index >= 15 is 0 Å². The Kier molecular flexibility index (Phi) is 5.30. The van der Waals surface area contributed by atoms with E-state index in [0.717, 1.165) is 25.0 Å². The Labute approximate surface area is 89.7 Å². The summed E-state index contributed by atoms with van der Waals surface area (Å²) in [6.45, 7) is 0.656. The smallest absolute Gasteiger partial charge is 0.303 e. The van der Waals surface area contributed by atoms with Crippen LogP contribution in [0.5, 0.6) is 5.75 Å². The predicted octanol–water partition coefficient (Wildman–Crippen LogP) is 2.71. The monoisotopic (exact) mass is 208 g/mol. The van der Waals surface area contributed by atoms with Crippen molar-refractivity contribution in [1.29, 1.82) is 0 Å². The van der Waals surface area contributed by atoms with E-state index < -0.39 is 5.97 Å². The zero-order valence-corrected chi connectivity index (χ0v) is 8.69. The van der Waals surface area contributed by atoms with E-state index in [0.29, 0.717) is 6.61 Å². The average Bonchev–Trinajstić information content (AvgIpc) is 2.24. The molecule has 3 heteroatoms. The van der Waals surface area contributed by atoms with E-state index in [1.165, 1.54) is 0 Å². The van der Waals surface area contributed by atoms with Crippen molar-refractivity contribution in [3.8, 4) is 5.75 Å². The van der Waals surface area contributed by atoms with Crippen LogP contribution in [0.1, 0.15) is 25.7 Å². The molecule has 0 spiro atoms. The summed E-state index contributed by atoms with van der Waals surface area (Å²) in [5.74, 6) is 0.148. The zero-order valence-electron chi connectivity index (χ0n) is 8.69. The highest BCUT2D eigenvalue weighted by atomic mass is 16.5. The Morgan fingerprint density at radius 1 is 1.13 bits per heavy atom. The molecule has 1 aromatic rings. The van der Waals surface area contributed by atoms with Crippen LogP contribution in [-0.4, -0.2) is 17.7 Å². The summed E-state index contributed by atoms with van der Waals surface area (Å²) < 4.78 is 5.47. The Balaban J connectivity index is 2.00. The number of hydrogen-bond acceptors (Lipinski definition) is 2. The van der Waals surface area contributed by atoms with Crippen molar-refractivity contribution >= 4 is 5.97 Å². The maximum atomic E-state index is 10.2. The van der Waals surface area contributed by atoms with Gasteiger partial charge in [-0.3, -0.25) is 4.79 Å². The highest BCUT2D eigenvalue weighted by Crippen LogP contribution is 2.09. The van der Waals surface area contributed by atoms with E-state index in [1.807, 2.05) is 30.3 Å². The van der Waals surface area contributed by atoms with Crippen molar-refractivity contribution in [2.24, 2.45) is 0 Å². The highest BCUT2D eigenvalue weighted by Gasteiger charge is 1.96. The van der Waals surface area contributed by atoms with Crippen molar-refractivity contribution in [2.45, 2.75) is 25.7 Å². The number of rotatable bonds is 7. The lowest BCUT2D eigenvalue weighted by Gasteiger charge is -2.04. The molecule has 82 valence electrons. The Morgan fingerprint density at radius 2 is 1.87 bits per heavy atom. The third kappa shape index (κ3) is 5.73. The third-order valence-corrected chi connectivity index (χ3v) is 2.05. The molecule has 1 rings (SSSR count). The minimum Gasteiger partial charge on any atom is -0.494 e. The normalized spacial score (nSPS) is 9.87. The maximum Gasteiger partial charge on any atom is 0.303 e. The fourth-order valence-electron chi connectivity index (χ4n) is 1.26. The Morgan fingerprint density at radius 3 is 2.53 bits per heavy atom. The quantitative estimate of drug-likeness (QED) is 0.701. The molecule has 0 aliphatic heterocycles. The van der Waals surface area contributed by atoms with Gasteiger partial charge in [0.15, 0.2) is 0 Å². The first-order valence-corrected chi connectivity index (χ1v) is 5.18. The molecule has 0 aliphatic carbocycles. The minimum absolute atomic E-state index is 0.255. The molecule has 0 saturated carbocycles. The van der Waals surface area contributed by atoms with Crippen LogP contribution in [0.4, 0.5) is 0 Å². The van der Waals surface area contributed by atoms with Crippen molar-refractivity contribution in [1.82, 2.24) is 0 Å². The summed E-state index contributed by atoms with van der Waals surface area (Å²) in [6.07, 6.45) is 2.79. The topological polar surface area (TPSA) is 46.5 Å². The first kappa shape index (κ1) is 11.6. The van der Waals surface area contributed by atoms with Gasteiger partial charge in [-0.15, -0.1) is 0 Å². The van der Waals surface area contributed by atoms with Crippen LogP contribution in [0, 0.1) is 0 Å². The number of ether oxygens (including phenoxy) is 1. The van der Waals surface area contributed by atoms with Crippen LogP contribution in [-0.2, 0) is 4.79 Å². The van der Waals surface area contributed by atoms with Gasteiger partial charge >= 0.3 is 5.97 Å². The lowest BCUT2D eigenvalue weighted by Crippen LogP contribution is -1.98. The van der Waals surface area contributed by atoms with Gasteiger partial charge in [-0.1, -0.05) is 18.2 Å². The largest absolute Gasteiger partial charge is 0.494 e.